The molecule has 0 aliphatic heterocycles. The standard InChI is InChI=1S/C17H11F7N2O/c18-13-3-1-2-10(6-13)4-5-25-15(27)26-14-8-11(16(19,20)21)7-12(9-14)17(22,23)24/h1-9H,(H2,25,26,27)/b5-4+. The van der Waals surface area contributed by atoms with Gasteiger partial charge >= 0.3 is 18.4 Å². The number of anilines is 1. The van der Waals surface area contributed by atoms with E-state index in [9.17, 15) is 35.5 Å². The Morgan fingerprint density at radius 1 is 0.889 bits per heavy atom. The lowest BCUT2D eigenvalue weighted by Gasteiger charge is -2.14. The lowest BCUT2D eigenvalue weighted by atomic mass is 10.1. The third kappa shape index (κ3) is 6.01. The molecular weight excluding hydrogens is 381 g/mol. The number of hydrogen-bond acceptors (Lipinski definition) is 1. The molecule has 27 heavy (non-hydrogen) atoms. The van der Waals surface area contributed by atoms with E-state index >= 15 is 0 Å². The second-order valence-corrected chi connectivity index (χ2v) is 5.28. The van der Waals surface area contributed by atoms with Crippen LogP contribution in [0.15, 0.2) is 48.7 Å². The zero-order chi connectivity index (χ0) is 20.2. The van der Waals surface area contributed by atoms with Gasteiger partial charge in [-0.1, -0.05) is 12.1 Å². The summed E-state index contributed by atoms with van der Waals surface area (Å²) in [5.74, 6) is -0.523. The molecule has 0 aliphatic rings. The van der Waals surface area contributed by atoms with Crippen LogP contribution >= 0.6 is 0 Å². The number of nitrogens with one attached hydrogen (secondary N) is 2. The number of urea groups is 1. The number of carbonyl (C=O) groups is 1. The lowest BCUT2D eigenvalue weighted by molar-refractivity contribution is -0.143. The summed E-state index contributed by atoms with van der Waals surface area (Å²) in [6, 6.07) is 4.92. The molecule has 2 N–H and O–H groups in total. The van der Waals surface area contributed by atoms with Crippen molar-refractivity contribution in [3.63, 3.8) is 0 Å². The number of amides is 2. The molecule has 0 saturated carbocycles. The van der Waals surface area contributed by atoms with Crippen LogP contribution in [0.1, 0.15) is 16.7 Å². The van der Waals surface area contributed by atoms with Crippen molar-refractivity contribution < 1.29 is 35.5 Å². The number of rotatable bonds is 3. The molecule has 0 unspecified atom stereocenters. The van der Waals surface area contributed by atoms with Gasteiger partial charge in [0.2, 0.25) is 0 Å². The smallest absolute Gasteiger partial charge is 0.314 e. The van der Waals surface area contributed by atoms with Crippen LogP contribution in [0.25, 0.3) is 6.08 Å². The number of carbonyl (C=O) groups excluding carboxylic acids is 1. The predicted molar refractivity (Wildman–Crippen MR) is 84.0 cm³/mol. The monoisotopic (exact) mass is 392 g/mol. The van der Waals surface area contributed by atoms with Gasteiger partial charge in [0.1, 0.15) is 5.82 Å². The van der Waals surface area contributed by atoms with E-state index in [0.717, 1.165) is 12.3 Å². The van der Waals surface area contributed by atoms with Gasteiger partial charge in [-0.2, -0.15) is 26.3 Å². The Bertz CT molecular complexity index is 825. The quantitative estimate of drug-likeness (QED) is 0.651. The largest absolute Gasteiger partial charge is 0.416 e. The van der Waals surface area contributed by atoms with E-state index in [2.05, 4.69) is 5.32 Å². The summed E-state index contributed by atoms with van der Waals surface area (Å²) in [5.41, 5.74) is -3.41. The van der Waals surface area contributed by atoms with E-state index in [1.54, 1.807) is 0 Å². The molecule has 3 nitrogen and oxygen atoms in total. The number of alkyl halides is 6. The first-order valence-electron chi connectivity index (χ1n) is 7.24. The maximum absolute atomic E-state index is 13.0. The summed E-state index contributed by atoms with van der Waals surface area (Å²) in [5, 5.41) is 3.99. The normalized spacial score (nSPS) is 12.3. The average molecular weight is 392 g/mol. The van der Waals surface area contributed by atoms with Crippen LogP contribution < -0.4 is 10.6 Å². The van der Waals surface area contributed by atoms with Gasteiger partial charge in [0, 0.05) is 11.9 Å². The second-order valence-electron chi connectivity index (χ2n) is 5.28. The van der Waals surface area contributed by atoms with Gasteiger partial charge in [-0.25, -0.2) is 9.18 Å². The van der Waals surface area contributed by atoms with E-state index in [4.69, 9.17) is 0 Å². The van der Waals surface area contributed by atoms with Gasteiger partial charge in [0.25, 0.3) is 0 Å². The van der Waals surface area contributed by atoms with E-state index in [1.165, 1.54) is 24.3 Å². The molecule has 0 aliphatic carbocycles. The summed E-state index contributed by atoms with van der Waals surface area (Å²) in [6.07, 6.45) is -7.70. The van der Waals surface area contributed by atoms with E-state index in [1.807, 2.05) is 5.32 Å². The van der Waals surface area contributed by atoms with Gasteiger partial charge in [0.05, 0.1) is 11.1 Å². The minimum Gasteiger partial charge on any atom is -0.314 e. The molecule has 0 saturated heterocycles. The highest BCUT2D eigenvalue weighted by Gasteiger charge is 2.37. The first-order valence-corrected chi connectivity index (χ1v) is 7.24. The molecular formula is C17H11F7N2O. The molecule has 2 rings (SSSR count). The first kappa shape index (κ1) is 20.3. The van der Waals surface area contributed by atoms with Crippen LogP contribution in [0.3, 0.4) is 0 Å². The van der Waals surface area contributed by atoms with Gasteiger partial charge in [-0.05, 0) is 42.0 Å². The van der Waals surface area contributed by atoms with E-state index in [0.29, 0.717) is 17.7 Å². The molecule has 0 aromatic heterocycles. The molecule has 0 radical (unpaired) electrons. The van der Waals surface area contributed by atoms with Crippen molar-refractivity contribution in [3.05, 3.63) is 71.2 Å². The molecule has 0 heterocycles. The number of halogens is 7. The Balaban J connectivity index is 2.14. The summed E-state index contributed by atoms with van der Waals surface area (Å²) in [6.45, 7) is 0. The molecule has 0 atom stereocenters. The summed E-state index contributed by atoms with van der Waals surface area (Å²) in [4.78, 5) is 11.7. The molecule has 2 aromatic rings. The molecule has 144 valence electrons. The van der Waals surface area contributed by atoms with Crippen molar-refractivity contribution in [1.29, 1.82) is 0 Å². The number of hydrogen-bond donors (Lipinski definition) is 2. The summed E-state index contributed by atoms with van der Waals surface area (Å²) >= 11 is 0. The van der Waals surface area contributed by atoms with Crippen LogP contribution in [-0.2, 0) is 12.4 Å². The molecule has 2 aromatic carbocycles. The molecule has 0 spiro atoms. The fraction of sp³-hybridized carbons (Fsp3) is 0.118. The highest BCUT2D eigenvalue weighted by atomic mass is 19.4. The average Bonchev–Trinajstić information content (AvgIpc) is 2.53. The fourth-order valence-electron chi connectivity index (χ4n) is 2.02. The fourth-order valence-corrected chi connectivity index (χ4v) is 2.02. The van der Waals surface area contributed by atoms with Crippen molar-refractivity contribution >= 4 is 17.8 Å². The lowest BCUT2D eigenvalue weighted by Crippen LogP contribution is -2.24. The van der Waals surface area contributed by atoms with Crippen molar-refractivity contribution in [2.45, 2.75) is 12.4 Å². The highest BCUT2D eigenvalue weighted by Crippen LogP contribution is 2.37. The highest BCUT2D eigenvalue weighted by molar-refractivity contribution is 5.90. The van der Waals surface area contributed by atoms with E-state index < -0.39 is 41.0 Å². The first-order chi connectivity index (χ1) is 12.4. The van der Waals surface area contributed by atoms with Crippen molar-refractivity contribution in [1.82, 2.24) is 5.32 Å². The summed E-state index contributed by atoms with van der Waals surface area (Å²) in [7, 11) is 0. The molecule has 10 heteroatoms. The maximum Gasteiger partial charge on any atom is 0.416 e. The third-order valence-corrected chi connectivity index (χ3v) is 3.18. The Kier molecular flexibility index (Phi) is 5.77. The van der Waals surface area contributed by atoms with Crippen LogP contribution in [0.4, 0.5) is 41.2 Å². The van der Waals surface area contributed by atoms with Crippen LogP contribution in [0.5, 0.6) is 0 Å². The molecule has 0 bridgehead atoms. The van der Waals surface area contributed by atoms with Crippen LogP contribution in [0, 0.1) is 5.82 Å². The SMILES string of the molecule is O=C(N/C=C/c1cccc(F)c1)Nc1cc(C(F)(F)F)cc(C(F)(F)F)c1. The summed E-state index contributed by atoms with van der Waals surface area (Å²) < 4.78 is 89.5. The Morgan fingerprint density at radius 3 is 2.00 bits per heavy atom. The Labute approximate surface area is 148 Å². The Hall–Kier alpha value is -3.04. The van der Waals surface area contributed by atoms with Crippen molar-refractivity contribution in [2.75, 3.05) is 5.32 Å². The van der Waals surface area contributed by atoms with Gasteiger partial charge < -0.3 is 10.6 Å². The maximum atomic E-state index is 13.0. The molecule has 0 fully saturated rings. The second kappa shape index (κ2) is 7.68. The predicted octanol–water partition coefficient (Wildman–Crippen LogP) is 5.66. The van der Waals surface area contributed by atoms with E-state index in [-0.39, 0.29) is 6.07 Å². The number of benzene rings is 2. The van der Waals surface area contributed by atoms with Gasteiger partial charge in [0.15, 0.2) is 0 Å². The zero-order valence-electron chi connectivity index (χ0n) is 13.3. The van der Waals surface area contributed by atoms with Gasteiger partial charge in [-0.3, -0.25) is 0 Å². The molecule has 2 amide bonds. The Morgan fingerprint density at radius 2 is 1.48 bits per heavy atom. The van der Waals surface area contributed by atoms with Crippen molar-refractivity contribution in [2.24, 2.45) is 0 Å². The van der Waals surface area contributed by atoms with Gasteiger partial charge in [-0.15, -0.1) is 0 Å². The zero-order valence-corrected chi connectivity index (χ0v) is 13.3. The minimum atomic E-state index is -5.02. The topological polar surface area (TPSA) is 41.1 Å². The van der Waals surface area contributed by atoms with Crippen LogP contribution in [-0.4, -0.2) is 6.03 Å². The third-order valence-electron chi connectivity index (χ3n) is 3.18. The minimum absolute atomic E-state index is 0.0487. The van der Waals surface area contributed by atoms with Crippen molar-refractivity contribution in [3.8, 4) is 0 Å². The van der Waals surface area contributed by atoms with Crippen LogP contribution in [0.2, 0.25) is 0 Å².